The summed E-state index contributed by atoms with van der Waals surface area (Å²) < 4.78 is 5.08. The summed E-state index contributed by atoms with van der Waals surface area (Å²) in [5.41, 5.74) is 4.98. The first-order valence-electron chi connectivity index (χ1n) is 4.69. The standard InChI is InChI=1S/C10H20N2O2/c1-5-6-8(7-11)12-9(13)14-10(2,3)4/h5,8H,1,6-7,11H2,2-4H3,(H,12,13)/t8-/m0/s1. The van der Waals surface area contributed by atoms with Crippen LogP contribution in [0.15, 0.2) is 12.7 Å². The highest BCUT2D eigenvalue weighted by Crippen LogP contribution is 2.06. The third-order valence-corrected chi connectivity index (χ3v) is 1.46. The summed E-state index contributed by atoms with van der Waals surface area (Å²) in [6.45, 7) is 9.41. The summed E-state index contributed by atoms with van der Waals surface area (Å²) in [7, 11) is 0. The lowest BCUT2D eigenvalue weighted by Gasteiger charge is -2.22. The van der Waals surface area contributed by atoms with E-state index >= 15 is 0 Å². The highest BCUT2D eigenvalue weighted by molar-refractivity contribution is 5.68. The maximum absolute atomic E-state index is 11.3. The first kappa shape index (κ1) is 13.0. The molecule has 0 aromatic heterocycles. The third kappa shape index (κ3) is 6.48. The predicted molar refractivity (Wildman–Crippen MR) is 57.0 cm³/mol. The molecule has 14 heavy (non-hydrogen) atoms. The van der Waals surface area contributed by atoms with Crippen LogP contribution in [0, 0.1) is 0 Å². The van der Waals surface area contributed by atoms with Crippen molar-refractivity contribution in [3.8, 4) is 0 Å². The minimum absolute atomic E-state index is 0.0950. The largest absolute Gasteiger partial charge is 0.444 e. The number of amides is 1. The lowest BCUT2D eigenvalue weighted by molar-refractivity contribution is 0.0506. The fourth-order valence-electron chi connectivity index (χ4n) is 0.889. The van der Waals surface area contributed by atoms with Crippen LogP contribution in [-0.2, 0) is 4.74 Å². The van der Waals surface area contributed by atoms with Crippen molar-refractivity contribution in [2.24, 2.45) is 5.73 Å². The Balaban J connectivity index is 3.96. The van der Waals surface area contributed by atoms with E-state index in [1.165, 1.54) is 0 Å². The minimum atomic E-state index is -0.475. The zero-order chi connectivity index (χ0) is 11.2. The van der Waals surface area contributed by atoms with E-state index in [9.17, 15) is 4.79 Å². The Morgan fingerprint density at radius 1 is 1.64 bits per heavy atom. The molecule has 0 aliphatic rings. The Morgan fingerprint density at radius 2 is 2.21 bits per heavy atom. The number of hydrogen-bond donors (Lipinski definition) is 2. The van der Waals surface area contributed by atoms with Crippen LogP contribution in [0.2, 0.25) is 0 Å². The average molecular weight is 200 g/mol. The van der Waals surface area contributed by atoms with Crippen LogP contribution in [0.5, 0.6) is 0 Å². The Hall–Kier alpha value is -1.03. The quantitative estimate of drug-likeness (QED) is 0.674. The predicted octanol–water partition coefficient (Wildman–Crippen LogP) is 1.41. The Labute approximate surface area is 85.5 Å². The number of ether oxygens (including phenoxy) is 1. The van der Waals surface area contributed by atoms with Gasteiger partial charge in [-0.3, -0.25) is 0 Å². The van der Waals surface area contributed by atoms with Crippen LogP contribution >= 0.6 is 0 Å². The molecule has 0 saturated carbocycles. The van der Waals surface area contributed by atoms with Crippen molar-refractivity contribution in [2.75, 3.05) is 6.54 Å². The number of nitrogens with one attached hydrogen (secondary N) is 1. The van der Waals surface area contributed by atoms with E-state index in [1.807, 2.05) is 20.8 Å². The van der Waals surface area contributed by atoms with Gasteiger partial charge in [-0.25, -0.2) is 4.79 Å². The second kappa shape index (κ2) is 5.65. The second-order valence-corrected chi connectivity index (χ2v) is 4.10. The first-order valence-corrected chi connectivity index (χ1v) is 4.69. The van der Waals surface area contributed by atoms with Gasteiger partial charge in [0.05, 0.1) is 0 Å². The average Bonchev–Trinajstić information content (AvgIpc) is 2.00. The summed E-state index contributed by atoms with van der Waals surface area (Å²) in [5.74, 6) is 0. The van der Waals surface area contributed by atoms with Crippen molar-refractivity contribution in [1.82, 2.24) is 5.32 Å². The lowest BCUT2D eigenvalue weighted by Crippen LogP contribution is -2.42. The number of hydrogen-bond acceptors (Lipinski definition) is 3. The van der Waals surface area contributed by atoms with E-state index in [0.29, 0.717) is 13.0 Å². The lowest BCUT2D eigenvalue weighted by atomic mass is 10.2. The highest BCUT2D eigenvalue weighted by Gasteiger charge is 2.17. The molecule has 0 rings (SSSR count). The van der Waals surface area contributed by atoms with Crippen LogP contribution in [0.4, 0.5) is 4.79 Å². The molecule has 0 aromatic rings. The molecule has 1 atom stereocenters. The summed E-state index contributed by atoms with van der Waals surface area (Å²) >= 11 is 0. The van der Waals surface area contributed by atoms with E-state index < -0.39 is 11.7 Å². The highest BCUT2D eigenvalue weighted by atomic mass is 16.6. The molecule has 4 nitrogen and oxygen atoms in total. The zero-order valence-corrected chi connectivity index (χ0v) is 9.17. The number of carbonyl (C=O) groups is 1. The van der Waals surface area contributed by atoms with E-state index in [0.717, 1.165) is 0 Å². The molecule has 0 spiro atoms. The minimum Gasteiger partial charge on any atom is -0.444 e. The van der Waals surface area contributed by atoms with Gasteiger partial charge in [-0.1, -0.05) is 6.08 Å². The van der Waals surface area contributed by atoms with Gasteiger partial charge in [-0.05, 0) is 27.2 Å². The summed E-state index contributed by atoms with van der Waals surface area (Å²) in [4.78, 5) is 11.3. The van der Waals surface area contributed by atoms with Gasteiger partial charge in [-0.2, -0.15) is 0 Å². The van der Waals surface area contributed by atoms with Crippen LogP contribution in [0.3, 0.4) is 0 Å². The summed E-state index contributed by atoms with van der Waals surface area (Å²) in [6.07, 6.45) is 1.93. The van der Waals surface area contributed by atoms with Crippen LogP contribution < -0.4 is 11.1 Å². The van der Waals surface area contributed by atoms with E-state index in [4.69, 9.17) is 10.5 Å². The van der Waals surface area contributed by atoms with Gasteiger partial charge in [0.15, 0.2) is 0 Å². The third-order valence-electron chi connectivity index (χ3n) is 1.46. The summed E-state index contributed by atoms with van der Waals surface area (Å²) in [6, 6.07) is -0.0950. The SMILES string of the molecule is C=CC[C@@H](CN)NC(=O)OC(C)(C)C. The molecule has 0 fully saturated rings. The van der Waals surface area contributed by atoms with Crippen molar-refractivity contribution in [3.05, 3.63) is 12.7 Å². The first-order chi connectivity index (χ1) is 6.39. The zero-order valence-electron chi connectivity index (χ0n) is 9.17. The van der Waals surface area contributed by atoms with Gasteiger partial charge in [0.1, 0.15) is 5.60 Å². The Morgan fingerprint density at radius 3 is 2.57 bits per heavy atom. The fourth-order valence-corrected chi connectivity index (χ4v) is 0.889. The summed E-state index contributed by atoms with van der Waals surface area (Å²) in [5, 5.41) is 2.67. The maximum atomic E-state index is 11.3. The number of nitrogens with two attached hydrogens (primary N) is 1. The van der Waals surface area contributed by atoms with Gasteiger partial charge < -0.3 is 15.8 Å². The molecule has 82 valence electrons. The molecule has 1 amide bonds. The Kier molecular flexibility index (Phi) is 5.23. The molecular formula is C10H20N2O2. The molecule has 0 aliphatic heterocycles. The van der Waals surface area contributed by atoms with Gasteiger partial charge in [-0.15, -0.1) is 6.58 Å². The molecule has 0 bridgehead atoms. The smallest absolute Gasteiger partial charge is 0.407 e. The molecule has 0 radical (unpaired) electrons. The Bertz CT molecular complexity index is 197. The number of carbonyl (C=O) groups excluding carboxylic acids is 1. The van der Waals surface area contributed by atoms with Crippen molar-refractivity contribution in [3.63, 3.8) is 0 Å². The van der Waals surface area contributed by atoms with Crippen molar-refractivity contribution in [1.29, 1.82) is 0 Å². The molecule has 0 heterocycles. The van der Waals surface area contributed by atoms with Gasteiger partial charge in [0, 0.05) is 12.6 Å². The molecule has 0 aromatic carbocycles. The van der Waals surface area contributed by atoms with E-state index in [1.54, 1.807) is 6.08 Å². The van der Waals surface area contributed by atoms with Gasteiger partial charge in [0.25, 0.3) is 0 Å². The molecule has 0 aliphatic carbocycles. The molecule has 4 heteroatoms. The van der Waals surface area contributed by atoms with Crippen molar-refractivity contribution >= 4 is 6.09 Å². The maximum Gasteiger partial charge on any atom is 0.407 e. The van der Waals surface area contributed by atoms with Crippen molar-refractivity contribution < 1.29 is 9.53 Å². The number of rotatable bonds is 4. The monoisotopic (exact) mass is 200 g/mol. The van der Waals surface area contributed by atoms with Crippen molar-refractivity contribution in [2.45, 2.75) is 38.8 Å². The molecule has 0 unspecified atom stereocenters. The van der Waals surface area contributed by atoms with Gasteiger partial charge >= 0.3 is 6.09 Å². The van der Waals surface area contributed by atoms with Crippen LogP contribution in [-0.4, -0.2) is 24.3 Å². The molecular weight excluding hydrogens is 180 g/mol. The van der Waals surface area contributed by atoms with Crippen LogP contribution in [0.25, 0.3) is 0 Å². The van der Waals surface area contributed by atoms with E-state index in [2.05, 4.69) is 11.9 Å². The van der Waals surface area contributed by atoms with E-state index in [-0.39, 0.29) is 6.04 Å². The van der Waals surface area contributed by atoms with Gasteiger partial charge in [0.2, 0.25) is 0 Å². The van der Waals surface area contributed by atoms with Crippen LogP contribution in [0.1, 0.15) is 27.2 Å². The topological polar surface area (TPSA) is 64.3 Å². The normalized spacial score (nSPS) is 13.1. The molecule has 3 N–H and O–H groups in total. The fraction of sp³-hybridized carbons (Fsp3) is 0.700. The number of alkyl carbamates (subject to hydrolysis) is 1. The molecule has 0 saturated heterocycles. The second-order valence-electron chi connectivity index (χ2n) is 4.10.